The van der Waals surface area contributed by atoms with Gasteiger partial charge < -0.3 is 5.32 Å². The molecule has 0 aliphatic rings. The van der Waals surface area contributed by atoms with Gasteiger partial charge in [0.1, 0.15) is 5.82 Å². The van der Waals surface area contributed by atoms with Crippen LogP contribution in [0, 0.1) is 18.6 Å². The topological polar surface area (TPSA) is 29.1 Å². The molecule has 20 heavy (non-hydrogen) atoms. The van der Waals surface area contributed by atoms with Crippen LogP contribution in [0.3, 0.4) is 0 Å². The Bertz CT molecular complexity index is 666. The number of benzene rings is 2. The van der Waals surface area contributed by atoms with Crippen molar-refractivity contribution in [3.8, 4) is 0 Å². The molecule has 0 fully saturated rings. The highest BCUT2D eigenvalue weighted by Crippen LogP contribution is 2.27. The number of hydrogen-bond donors (Lipinski definition) is 1. The summed E-state index contributed by atoms with van der Waals surface area (Å²) in [6.07, 6.45) is 0. The monoisotopic (exact) mass is 315 g/mol. The average Bonchev–Trinajstić information content (AvgIpc) is 2.38. The standard InChI is InChI=1S/C14H9Cl2F2NO/c1-7-2-3-12(17)9(4-7)14(20)19-8-5-10(15)13(18)11(16)6-8/h2-6H,1H3,(H,19,20). The minimum atomic E-state index is -0.770. The zero-order chi connectivity index (χ0) is 14.9. The van der Waals surface area contributed by atoms with E-state index in [4.69, 9.17) is 23.2 Å². The number of halogens is 4. The van der Waals surface area contributed by atoms with E-state index < -0.39 is 17.5 Å². The largest absolute Gasteiger partial charge is 0.322 e. The van der Waals surface area contributed by atoms with E-state index in [0.717, 1.165) is 5.56 Å². The molecule has 6 heteroatoms. The molecule has 0 aromatic heterocycles. The van der Waals surface area contributed by atoms with Crippen LogP contribution < -0.4 is 5.32 Å². The number of anilines is 1. The summed E-state index contributed by atoms with van der Waals surface area (Å²) in [7, 11) is 0. The van der Waals surface area contributed by atoms with Crippen LogP contribution in [0.1, 0.15) is 15.9 Å². The fourth-order valence-corrected chi connectivity index (χ4v) is 2.13. The molecular formula is C14H9Cl2F2NO. The zero-order valence-corrected chi connectivity index (χ0v) is 11.8. The molecule has 0 aliphatic carbocycles. The van der Waals surface area contributed by atoms with Crippen LogP contribution in [0.25, 0.3) is 0 Å². The molecule has 0 atom stereocenters. The minimum Gasteiger partial charge on any atom is -0.322 e. The van der Waals surface area contributed by atoms with Gasteiger partial charge >= 0.3 is 0 Å². The van der Waals surface area contributed by atoms with Crippen LogP contribution in [-0.2, 0) is 0 Å². The number of nitrogens with one attached hydrogen (secondary N) is 1. The molecule has 1 amide bonds. The first kappa shape index (κ1) is 14.8. The molecule has 104 valence electrons. The lowest BCUT2D eigenvalue weighted by Crippen LogP contribution is -2.14. The van der Waals surface area contributed by atoms with E-state index in [9.17, 15) is 13.6 Å². The van der Waals surface area contributed by atoms with Gasteiger partial charge in [-0.05, 0) is 31.2 Å². The smallest absolute Gasteiger partial charge is 0.258 e. The number of hydrogen-bond acceptors (Lipinski definition) is 1. The van der Waals surface area contributed by atoms with Gasteiger partial charge in [0.15, 0.2) is 5.82 Å². The number of carbonyl (C=O) groups excluding carboxylic acids is 1. The molecule has 0 bridgehead atoms. The van der Waals surface area contributed by atoms with Gasteiger partial charge in [0.05, 0.1) is 15.6 Å². The highest BCUT2D eigenvalue weighted by Gasteiger charge is 2.14. The van der Waals surface area contributed by atoms with Crippen molar-refractivity contribution in [2.24, 2.45) is 0 Å². The van der Waals surface area contributed by atoms with Crippen molar-refractivity contribution < 1.29 is 13.6 Å². The fourth-order valence-electron chi connectivity index (χ4n) is 1.64. The van der Waals surface area contributed by atoms with Crippen molar-refractivity contribution >= 4 is 34.8 Å². The van der Waals surface area contributed by atoms with E-state index in [2.05, 4.69) is 5.32 Å². The van der Waals surface area contributed by atoms with E-state index in [1.807, 2.05) is 0 Å². The second-order valence-corrected chi connectivity index (χ2v) is 5.01. The first-order valence-corrected chi connectivity index (χ1v) is 6.36. The summed E-state index contributed by atoms with van der Waals surface area (Å²) in [6, 6.07) is 6.58. The van der Waals surface area contributed by atoms with Crippen molar-refractivity contribution in [2.45, 2.75) is 6.92 Å². The van der Waals surface area contributed by atoms with Crippen LogP contribution in [0.15, 0.2) is 30.3 Å². The molecule has 0 radical (unpaired) electrons. The van der Waals surface area contributed by atoms with Crippen LogP contribution in [0.2, 0.25) is 10.0 Å². The molecular weight excluding hydrogens is 307 g/mol. The van der Waals surface area contributed by atoms with Crippen molar-refractivity contribution in [3.63, 3.8) is 0 Å². The second-order valence-electron chi connectivity index (χ2n) is 4.19. The quantitative estimate of drug-likeness (QED) is 0.790. The third kappa shape index (κ3) is 3.08. The summed E-state index contributed by atoms with van der Waals surface area (Å²) >= 11 is 11.2. The molecule has 2 rings (SSSR count). The van der Waals surface area contributed by atoms with Crippen molar-refractivity contribution in [1.29, 1.82) is 0 Å². The third-order valence-corrected chi connectivity index (χ3v) is 3.16. The third-order valence-electron chi connectivity index (χ3n) is 2.61. The Balaban J connectivity index is 2.30. The number of rotatable bonds is 2. The summed E-state index contributed by atoms with van der Waals surface area (Å²) < 4.78 is 26.8. The van der Waals surface area contributed by atoms with Gasteiger partial charge in [-0.3, -0.25) is 4.79 Å². The Morgan fingerprint density at radius 1 is 1.10 bits per heavy atom. The predicted molar refractivity (Wildman–Crippen MR) is 75.5 cm³/mol. The van der Waals surface area contributed by atoms with Gasteiger partial charge in [-0.2, -0.15) is 0 Å². The summed E-state index contributed by atoms with van der Waals surface area (Å²) in [4.78, 5) is 12.0. The number of carbonyl (C=O) groups is 1. The number of amides is 1. The van der Waals surface area contributed by atoms with E-state index in [1.165, 1.54) is 24.3 Å². The highest BCUT2D eigenvalue weighted by atomic mass is 35.5. The lowest BCUT2D eigenvalue weighted by molar-refractivity contribution is 0.102. The summed E-state index contributed by atoms with van der Waals surface area (Å²) in [5.74, 6) is -2.08. The van der Waals surface area contributed by atoms with Gasteiger partial charge in [-0.15, -0.1) is 0 Å². The lowest BCUT2D eigenvalue weighted by atomic mass is 10.1. The maximum absolute atomic E-state index is 13.6. The SMILES string of the molecule is Cc1ccc(F)c(C(=O)Nc2cc(Cl)c(F)c(Cl)c2)c1. The molecule has 2 aromatic carbocycles. The first-order valence-electron chi connectivity index (χ1n) is 5.60. The maximum atomic E-state index is 13.6. The van der Waals surface area contributed by atoms with E-state index >= 15 is 0 Å². The fraction of sp³-hybridized carbons (Fsp3) is 0.0714. The molecule has 0 unspecified atom stereocenters. The molecule has 2 aromatic rings. The Morgan fingerprint density at radius 3 is 2.30 bits per heavy atom. The van der Waals surface area contributed by atoms with Crippen LogP contribution >= 0.6 is 23.2 Å². The summed E-state index contributed by atoms with van der Waals surface area (Å²) in [5, 5.41) is 1.97. The van der Waals surface area contributed by atoms with Crippen molar-refractivity contribution in [1.82, 2.24) is 0 Å². The second kappa shape index (κ2) is 5.77. The molecule has 0 spiro atoms. The molecule has 0 saturated heterocycles. The highest BCUT2D eigenvalue weighted by molar-refractivity contribution is 6.35. The van der Waals surface area contributed by atoms with E-state index in [1.54, 1.807) is 13.0 Å². The Labute approximate surface area is 124 Å². The predicted octanol–water partition coefficient (Wildman–Crippen LogP) is 4.83. The molecule has 0 saturated carbocycles. The first-order chi connectivity index (χ1) is 9.38. The van der Waals surface area contributed by atoms with Crippen LogP contribution in [0.4, 0.5) is 14.5 Å². The van der Waals surface area contributed by atoms with Gasteiger partial charge in [-0.25, -0.2) is 8.78 Å². The minimum absolute atomic E-state index is 0.110. The number of aryl methyl sites for hydroxylation is 1. The summed E-state index contributed by atoms with van der Waals surface area (Å²) in [5.41, 5.74) is 0.820. The Hall–Kier alpha value is -1.65. The Morgan fingerprint density at radius 2 is 1.70 bits per heavy atom. The van der Waals surface area contributed by atoms with Crippen molar-refractivity contribution in [2.75, 3.05) is 5.32 Å². The average molecular weight is 316 g/mol. The van der Waals surface area contributed by atoms with Gasteiger partial charge in [0.2, 0.25) is 0 Å². The molecule has 0 heterocycles. The normalized spacial score (nSPS) is 10.4. The van der Waals surface area contributed by atoms with Crippen LogP contribution in [-0.4, -0.2) is 5.91 Å². The zero-order valence-electron chi connectivity index (χ0n) is 10.3. The molecule has 2 nitrogen and oxygen atoms in total. The molecule has 1 N–H and O–H groups in total. The van der Waals surface area contributed by atoms with Crippen LogP contribution in [0.5, 0.6) is 0 Å². The summed E-state index contributed by atoms with van der Waals surface area (Å²) in [6.45, 7) is 1.74. The van der Waals surface area contributed by atoms with Crippen molar-refractivity contribution in [3.05, 3.63) is 63.1 Å². The molecule has 0 aliphatic heterocycles. The maximum Gasteiger partial charge on any atom is 0.258 e. The lowest BCUT2D eigenvalue weighted by Gasteiger charge is -2.08. The van der Waals surface area contributed by atoms with Gasteiger partial charge in [-0.1, -0.05) is 34.8 Å². The Kier molecular flexibility index (Phi) is 4.26. The van der Waals surface area contributed by atoms with Gasteiger partial charge in [0, 0.05) is 5.69 Å². The van der Waals surface area contributed by atoms with E-state index in [0.29, 0.717) is 0 Å². The van der Waals surface area contributed by atoms with Gasteiger partial charge in [0.25, 0.3) is 5.91 Å². The van der Waals surface area contributed by atoms with E-state index in [-0.39, 0.29) is 21.3 Å².